The first-order chi connectivity index (χ1) is 20.2. The summed E-state index contributed by atoms with van der Waals surface area (Å²) < 4.78 is 22.5. The molecule has 11 nitrogen and oxygen atoms in total. The highest BCUT2D eigenvalue weighted by molar-refractivity contribution is 5.79. The van der Waals surface area contributed by atoms with Crippen molar-refractivity contribution in [3.63, 3.8) is 0 Å². The van der Waals surface area contributed by atoms with E-state index in [1.165, 1.54) is 0 Å². The Kier molecular flexibility index (Phi) is 11.1. The van der Waals surface area contributed by atoms with Gasteiger partial charge in [-0.05, 0) is 70.9 Å². The number of hydrogen-bond acceptors (Lipinski definition) is 9. The standard InChI is InChI=1S/C31H46N4O7/c1-6-7-13-34(14-9-8-12-33(3)4)28(36)19-35-18-23(22-15-25(39-5)30-26(16-22)40-20-41-30)29(31(37)38)24(35)10-11-27-32-17-21(2)42-27/h15-17,23-24,29H,6-14,18-20H2,1-5H3,(H,37,38)/t23-,24+,29-/m1/s1. The molecule has 0 bridgehead atoms. The van der Waals surface area contributed by atoms with E-state index in [0.29, 0.717) is 61.4 Å². The van der Waals surface area contributed by atoms with Gasteiger partial charge >= 0.3 is 5.97 Å². The number of unbranched alkanes of at least 4 members (excludes halogenated alkanes) is 2. The first-order valence-electron chi connectivity index (χ1n) is 15.0. The SMILES string of the molecule is CCCCN(CCCCN(C)C)C(=O)CN1C[C@H](c2cc(OC)c3c(c2)OCO3)[C@@H](C(=O)O)[C@@H]1CCc1ncc(C)o1. The van der Waals surface area contributed by atoms with Gasteiger partial charge in [0.05, 0.1) is 25.8 Å². The van der Waals surface area contributed by atoms with Crippen LogP contribution in [0.25, 0.3) is 0 Å². The Labute approximate surface area is 248 Å². The van der Waals surface area contributed by atoms with Crippen LogP contribution in [-0.4, -0.2) is 103 Å². The quantitative estimate of drug-likeness (QED) is 0.291. The van der Waals surface area contributed by atoms with E-state index < -0.39 is 11.9 Å². The van der Waals surface area contributed by atoms with Crippen molar-refractivity contribution in [3.8, 4) is 17.2 Å². The van der Waals surface area contributed by atoms with E-state index in [-0.39, 0.29) is 31.2 Å². The highest BCUT2D eigenvalue weighted by Gasteiger charge is 2.47. The molecule has 42 heavy (non-hydrogen) atoms. The van der Waals surface area contributed by atoms with Crippen LogP contribution in [0.5, 0.6) is 17.2 Å². The van der Waals surface area contributed by atoms with Gasteiger partial charge in [-0.3, -0.25) is 14.5 Å². The summed E-state index contributed by atoms with van der Waals surface area (Å²) in [7, 11) is 5.66. The summed E-state index contributed by atoms with van der Waals surface area (Å²) in [5, 5.41) is 10.5. The molecule has 232 valence electrons. The van der Waals surface area contributed by atoms with E-state index >= 15 is 0 Å². The number of oxazole rings is 1. The van der Waals surface area contributed by atoms with Crippen LogP contribution >= 0.6 is 0 Å². The molecule has 1 fully saturated rings. The lowest BCUT2D eigenvalue weighted by molar-refractivity contribution is -0.143. The molecule has 1 aromatic heterocycles. The normalized spacial score (nSPS) is 19.9. The molecule has 3 atom stereocenters. The molecule has 2 aromatic rings. The van der Waals surface area contributed by atoms with Gasteiger partial charge in [0.1, 0.15) is 5.76 Å². The van der Waals surface area contributed by atoms with Crippen molar-refractivity contribution >= 4 is 11.9 Å². The number of ether oxygens (including phenoxy) is 3. The minimum atomic E-state index is -0.897. The second-order valence-electron chi connectivity index (χ2n) is 11.6. The van der Waals surface area contributed by atoms with Crippen LogP contribution in [0.3, 0.4) is 0 Å². The molecule has 0 aliphatic carbocycles. The lowest BCUT2D eigenvalue weighted by atomic mass is 9.83. The third-order valence-electron chi connectivity index (χ3n) is 8.22. The van der Waals surface area contributed by atoms with Crippen molar-refractivity contribution in [1.82, 2.24) is 19.7 Å². The molecule has 3 heterocycles. The Morgan fingerprint density at radius 1 is 1.14 bits per heavy atom. The minimum Gasteiger partial charge on any atom is -0.493 e. The molecule has 1 amide bonds. The summed E-state index contributed by atoms with van der Waals surface area (Å²) in [6.45, 7) is 7.01. The van der Waals surface area contributed by atoms with Gasteiger partial charge in [-0.2, -0.15) is 0 Å². The van der Waals surface area contributed by atoms with Gasteiger partial charge in [-0.15, -0.1) is 0 Å². The highest BCUT2D eigenvalue weighted by Crippen LogP contribution is 2.47. The van der Waals surface area contributed by atoms with Gasteiger partial charge < -0.3 is 33.5 Å². The Bertz CT molecular complexity index is 1200. The van der Waals surface area contributed by atoms with Crippen LogP contribution in [0.1, 0.15) is 62.2 Å². The Balaban J connectivity index is 1.59. The molecular weight excluding hydrogens is 540 g/mol. The third-order valence-corrected chi connectivity index (χ3v) is 8.22. The zero-order chi connectivity index (χ0) is 30.2. The molecule has 0 radical (unpaired) electrons. The number of aromatic nitrogens is 1. The highest BCUT2D eigenvalue weighted by atomic mass is 16.7. The fourth-order valence-corrected chi connectivity index (χ4v) is 6.06. The number of aryl methyl sites for hydroxylation is 2. The second-order valence-corrected chi connectivity index (χ2v) is 11.6. The van der Waals surface area contributed by atoms with Crippen molar-refractivity contribution < 1.29 is 33.3 Å². The van der Waals surface area contributed by atoms with Gasteiger partial charge in [0, 0.05) is 38.0 Å². The molecular formula is C31H46N4O7. The van der Waals surface area contributed by atoms with E-state index in [2.05, 4.69) is 35.8 Å². The molecule has 1 saturated heterocycles. The van der Waals surface area contributed by atoms with Gasteiger partial charge in [0.25, 0.3) is 0 Å². The molecule has 0 saturated carbocycles. The van der Waals surface area contributed by atoms with E-state index in [1.807, 2.05) is 24.0 Å². The number of likely N-dealkylation sites (tertiary alicyclic amines) is 1. The summed E-state index contributed by atoms with van der Waals surface area (Å²) in [6.07, 6.45) is 6.53. The van der Waals surface area contributed by atoms with Gasteiger partial charge in [0.15, 0.2) is 17.4 Å². The van der Waals surface area contributed by atoms with E-state index in [9.17, 15) is 14.7 Å². The van der Waals surface area contributed by atoms with Crippen molar-refractivity contribution in [2.45, 2.75) is 64.3 Å². The summed E-state index contributed by atoms with van der Waals surface area (Å²) >= 11 is 0. The van der Waals surface area contributed by atoms with Crippen molar-refractivity contribution in [3.05, 3.63) is 35.5 Å². The Morgan fingerprint density at radius 3 is 2.57 bits per heavy atom. The number of fused-ring (bicyclic) bond motifs is 1. The van der Waals surface area contributed by atoms with Crippen LogP contribution in [-0.2, 0) is 16.0 Å². The molecule has 1 N–H and O–H groups in total. The Morgan fingerprint density at radius 2 is 1.90 bits per heavy atom. The molecule has 1 aromatic carbocycles. The average Bonchev–Trinajstić information content (AvgIpc) is 3.69. The maximum atomic E-state index is 13.8. The summed E-state index contributed by atoms with van der Waals surface area (Å²) in [5.41, 5.74) is 0.793. The van der Waals surface area contributed by atoms with Crippen molar-refractivity contribution in [2.24, 2.45) is 5.92 Å². The van der Waals surface area contributed by atoms with Crippen molar-refractivity contribution in [1.29, 1.82) is 0 Å². The number of methoxy groups -OCH3 is 1. The average molecular weight is 587 g/mol. The smallest absolute Gasteiger partial charge is 0.308 e. The minimum absolute atomic E-state index is 0.0401. The predicted octanol–water partition coefficient (Wildman–Crippen LogP) is 3.79. The van der Waals surface area contributed by atoms with Crippen LogP contribution in [0, 0.1) is 12.8 Å². The maximum Gasteiger partial charge on any atom is 0.308 e. The summed E-state index contributed by atoms with van der Waals surface area (Å²) in [5.74, 6) is 0.875. The lowest BCUT2D eigenvalue weighted by Gasteiger charge is -2.29. The number of rotatable bonds is 16. The topological polar surface area (TPSA) is 118 Å². The number of nitrogens with zero attached hydrogens (tertiary/aromatic N) is 4. The molecule has 2 aliphatic rings. The first kappa shape index (κ1) is 31.6. The number of carbonyl (C=O) groups is 2. The first-order valence-corrected chi connectivity index (χ1v) is 15.0. The number of amides is 1. The number of carboxylic acid groups (broad SMARTS) is 1. The molecule has 2 aliphatic heterocycles. The molecule has 4 rings (SSSR count). The number of aliphatic carboxylic acids is 1. The second kappa shape index (κ2) is 14.7. The van der Waals surface area contributed by atoms with Crippen molar-refractivity contribution in [2.75, 3.05) is 60.7 Å². The zero-order valence-corrected chi connectivity index (χ0v) is 25.6. The molecule has 11 heteroatoms. The predicted molar refractivity (Wildman–Crippen MR) is 157 cm³/mol. The van der Waals surface area contributed by atoms with Gasteiger partial charge in [-0.25, -0.2) is 4.98 Å². The number of hydrogen-bond donors (Lipinski definition) is 1. The van der Waals surface area contributed by atoms with Gasteiger partial charge in [0.2, 0.25) is 18.4 Å². The van der Waals surface area contributed by atoms with E-state index in [0.717, 1.165) is 37.8 Å². The lowest BCUT2D eigenvalue weighted by Crippen LogP contribution is -2.45. The Hall–Kier alpha value is -3.31. The zero-order valence-electron chi connectivity index (χ0n) is 25.6. The van der Waals surface area contributed by atoms with Crippen LogP contribution in [0.4, 0.5) is 0 Å². The van der Waals surface area contributed by atoms with Crippen LogP contribution in [0.15, 0.2) is 22.7 Å². The molecule has 0 unspecified atom stereocenters. The van der Waals surface area contributed by atoms with E-state index in [4.69, 9.17) is 18.6 Å². The fraction of sp³-hybridized carbons (Fsp3) is 0.645. The largest absolute Gasteiger partial charge is 0.493 e. The maximum absolute atomic E-state index is 13.8. The fourth-order valence-electron chi connectivity index (χ4n) is 6.06. The van der Waals surface area contributed by atoms with Crippen LogP contribution < -0.4 is 14.2 Å². The summed E-state index contributed by atoms with van der Waals surface area (Å²) in [6, 6.07) is 3.30. The van der Waals surface area contributed by atoms with Gasteiger partial charge in [-0.1, -0.05) is 13.3 Å². The van der Waals surface area contributed by atoms with E-state index in [1.54, 1.807) is 13.3 Å². The van der Waals surface area contributed by atoms with Crippen LogP contribution in [0.2, 0.25) is 0 Å². The number of carbonyl (C=O) groups excluding carboxylic acids is 1. The number of benzene rings is 1. The monoisotopic (exact) mass is 586 g/mol. The molecule has 0 spiro atoms. The summed E-state index contributed by atoms with van der Waals surface area (Å²) in [4.78, 5) is 37.1. The number of carboxylic acids is 1. The third kappa shape index (κ3) is 7.74.